The molecule has 5 heteroatoms. The minimum atomic E-state index is -1.11. The van der Waals surface area contributed by atoms with E-state index in [4.69, 9.17) is 9.84 Å². The molecule has 0 amide bonds. The Hall–Kier alpha value is -1.10. The van der Waals surface area contributed by atoms with Crippen molar-refractivity contribution in [1.29, 1.82) is 0 Å². The molecule has 0 saturated heterocycles. The Bertz CT molecular complexity index is 404. The first-order valence-electron chi connectivity index (χ1n) is 4.33. The van der Waals surface area contributed by atoms with E-state index in [0.717, 1.165) is 6.07 Å². The normalized spacial score (nSPS) is 10.1. The first-order valence-corrected chi connectivity index (χ1v) is 5.13. The molecule has 0 unspecified atom stereocenters. The van der Waals surface area contributed by atoms with Crippen LogP contribution in [0.25, 0.3) is 0 Å². The third kappa shape index (κ3) is 2.28. The topological polar surface area (TPSA) is 46.5 Å². The highest BCUT2D eigenvalue weighted by Crippen LogP contribution is 2.33. The Balaban J connectivity index is 3.42. The fourth-order valence-corrected chi connectivity index (χ4v) is 2.04. The van der Waals surface area contributed by atoms with E-state index in [-0.39, 0.29) is 22.4 Å². The molecule has 82 valence electrons. The average molecular weight is 277 g/mol. The van der Waals surface area contributed by atoms with E-state index in [1.165, 1.54) is 6.92 Å². The van der Waals surface area contributed by atoms with Crippen molar-refractivity contribution in [3.8, 4) is 5.75 Å². The number of hydrogen-bond acceptors (Lipinski definition) is 2. The summed E-state index contributed by atoms with van der Waals surface area (Å²) in [5.41, 5.74) is 0.384. The number of carboxylic acids is 1. The molecule has 0 bridgehead atoms. The number of hydrogen-bond donors (Lipinski definition) is 1. The molecule has 0 heterocycles. The SMILES string of the molecule is CCOc1c(F)cc(C)c(C(=O)O)c1Br. The first-order chi connectivity index (χ1) is 6.99. The maximum absolute atomic E-state index is 13.4. The van der Waals surface area contributed by atoms with Gasteiger partial charge in [0.2, 0.25) is 0 Å². The van der Waals surface area contributed by atoms with Crippen LogP contribution >= 0.6 is 15.9 Å². The molecule has 0 atom stereocenters. The summed E-state index contributed by atoms with van der Waals surface area (Å²) in [5.74, 6) is -1.73. The zero-order chi connectivity index (χ0) is 11.6. The summed E-state index contributed by atoms with van der Waals surface area (Å²) in [5, 5.41) is 8.92. The Labute approximate surface area is 95.0 Å². The van der Waals surface area contributed by atoms with Crippen molar-refractivity contribution in [2.45, 2.75) is 13.8 Å². The summed E-state index contributed by atoms with van der Waals surface area (Å²) in [7, 11) is 0. The lowest BCUT2D eigenvalue weighted by Gasteiger charge is -2.11. The van der Waals surface area contributed by atoms with E-state index in [9.17, 15) is 9.18 Å². The lowest BCUT2D eigenvalue weighted by molar-refractivity contribution is 0.0694. The van der Waals surface area contributed by atoms with Gasteiger partial charge in [-0.05, 0) is 41.4 Å². The van der Waals surface area contributed by atoms with Crippen molar-refractivity contribution in [3.63, 3.8) is 0 Å². The van der Waals surface area contributed by atoms with Crippen LogP contribution in [-0.4, -0.2) is 17.7 Å². The molecule has 15 heavy (non-hydrogen) atoms. The van der Waals surface area contributed by atoms with E-state index < -0.39 is 11.8 Å². The fraction of sp³-hybridized carbons (Fsp3) is 0.300. The third-order valence-corrected chi connectivity index (χ3v) is 2.63. The molecular weight excluding hydrogens is 267 g/mol. The zero-order valence-corrected chi connectivity index (χ0v) is 9.89. The minimum Gasteiger partial charge on any atom is -0.490 e. The van der Waals surface area contributed by atoms with Crippen LogP contribution in [-0.2, 0) is 0 Å². The van der Waals surface area contributed by atoms with Crippen molar-refractivity contribution in [2.75, 3.05) is 6.61 Å². The summed E-state index contributed by atoms with van der Waals surface area (Å²) in [6.07, 6.45) is 0. The number of carboxylic acid groups (broad SMARTS) is 1. The van der Waals surface area contributed by atoms with Crippen LogP contribution in [0.1, 0.15) is 22.8 Å². The number of aryl methyl sites for hydroxylation is 1. The number of aromatic carboxylic acids is 1. The second-order valence-electron chi connectivity index (χ2n) is 2.93. The molecule has 1 aromatic carbocycles. The first kappa shape index (κ1) is 12.0. The standard InChI is InChI=1S/C10H10BrFO3/c1-3-15-9-6(12)4-5(2)7(8(9)11)10(13)14/h4H,3H2,1-2H3,(H,13,14). The number of halogens is 2. The molecule has 0 aliphatic heterocycles. The highest BCUT2D eigenvalue weighted by atomic mass is 79.9. The number of rotatable bonds is 3. The fourth-order valence-electron chi connectivity index (χ4n) is 1.26. The molecule has 0 aliphatic rings. The monoisotopic (exact) mass is 276 g/mol. The molecule has 0 aliphatic carbocycles. The molecule has 1 aromatic rings. The average Bonchev–Trinajstić information content (AvgIpc) is 2.11. The van der Waals surface area contributed by atoms with E-state index >= 15 is 0 Å². The van der Waals surface area contributed by atoms with Crippen LogP contribution in [0.2, 0.25) is 0 Å². The van der Waals surface area contributed by atoms with Gasteiger partial charge in [0.15, 0.2) is 11.6 Å². The van der Waals surface area contributed by atoms with Gasteiger partial charge in [0.05, 0.1) is 16.6 Å². The summed E-state index contributed by atoms with van der Waals surface area (Å²) in [4.78, 5) is 10.9. The van der Waals surface area contributed by atoms with Gasteiger partial charge < -0.3 is 9.84 Å². The predicted octanol–water partition coefficient (Wildman–Crippen LogP) is 2.99. The Kier molecular flexibility index (Phi) is 3.68. The minimum absolute atomic E-state index is 0.0276. The molecule has 0 fully saturated rings. The number of carbonyl (C=O) groups is 1. The maximum Gasteiger partial charge on any atom is 0.337 e. The van der Waals surface area contributed by atoms with E-state index in [0.29, 0.717) is 5.56 Å². The number of ether oxygens (including phenoxy) is 1. The summed E-state index contributed by atoms with van der Waals surface area (Å²) >= 11 is 3.04. The van der Waals surface area contributed by atoms with E-state index in [1.807, 2.05) is 0 Å². The summed E-state index contributed by atoms with van der Waals surface area (Å²) < 4.78 is 18.6. The van der Waals surface area contributed by atoms with Gasteiger partial charge in [0.1, 0.15) is 0 Å². The van der Waals surface area contributed by atoms with Gasteiger partial charge in [-0.2, -0.15) is 0 Å². The van der Waals surface area contributed by atoms with Crippen molar-refractivity contribution < 1.29 is 19.0 Å². The predicted molar refractivity (Wildman–Crippen MR) is 57.0 cm³/mol. The largest absolute Gasteiger partial charge is 0.490 e. The zero-order valence-electron chi connectivity index (χ0n) is 8.30. The van der Waals surface area contributed by atoms with Gasteiger partial charge in [0.25, 0.3) is 0 Å². The lowest BCUT2D eigenvalue weighted by Crippen LogP contribution is -2.05. The molecular formula is C10H10BrFO3. The van der Waals surface area contributed by atoms with Crippen LogP contribution in [0.5, 0.6) is 5.75 Å². The molecule has 0 spiro atoms. The van der Waals surface area contributed by atoms with Crippen molar-refractivity contribution in [1.82, 2.24) is 0 Å². The van der Waals surface area contributed by atoms with Gasteiger partial charge in [-0.3, -0.25) is 0 Å². The van der Waals surface area contributed by atoms with Crippen molar-refractivity contribution >= 4 is 21.9 Å². The highest BCUT2D eigenvalue weighted by Gasteiger charge is 2.20. The van der Waals surface area contributed by atoms with E-state index in [2.05, 4.69) is 15.9 Å². The van der Waals surface area contributed by atoms with Gasteiger partial charge in [-0.1, -0.05) is 0 Å². The van der Waals surface area contributed by atoms with Gasteiger partial charge >= 0.3 is 5.97 Å². The number of benzene rings is 1. The van der Waals surface area contributed by atoms with Gasteiger partial charge in [-0.15, -0.1) is 0 Å². The Morgan fingerprint density at radius 2 is 2.27 bits per heavy atom. The molecule has 0 saturated carbocycles. The van der Waals surface area contributed by atoms with Crippen molar-refractivity contribution in [3.05, 3.63) is 27.5 Å². The van der Waals surface area contributed by atoms with E-state index in [1.54, 1.807) is 6.92 Å². The van der Waals surface area contributed by atoms with Crippen LogP contribution in [0, 0.1) is 12.7 Å². The van der Waals surface area contributed by atoms with Crippen LogP contribution < -0.4 is 4.74 Å². The maximum atomic E-state index is 13.4. The summed E-state index contributed by atoms with van der Waals surface area (Å²) in [6, 6.07) is 1.15. The molecule has 0 radical (unpaired) electrons. The molecule has 0 aromatic heterocycles. The van der Waals surface area contributed by atoms with Crippen molar-refractivity contribution in [2.24, 2.45) is 0 Å². The Morgan fingerprint density at radius 1 is 1.67 bits per heavy atom. The molecule has 1 rings (SSSR count). The molecule has 3 nitrogen and oxygen atoms in total. The molecule has 1 N–H and O–H groups in total. The Morgan fingerprint density at radius 3 is 2.73 bits per heavy atom. The quantitative estimate of drug-likeness (QED) is 0.923. The second kappa shape index (κ2) is 4.61. The smallest absolute Gasteiger partial charge is 0.337 e. The summed E-state index contributed by atoms with van der Waals surface area (Å²) in [6.45, 7) is 3.51. The second-order valence-corrected chi connectivity index (χ2v) is 3.72. The van der Waals surface area contributed by atoms with Crippen LogP contribution in [0.4, 0.5) is 4.39 Å². The van der Waals surface area contributed by atoms with Gasteiger partial charge in [0, 0.05) is 0 Å². The third-order valence-electron chi connectivity index (χ3n) is 1.88. The van der Waals surface area contributed by atoms with Gasteiger partial charge in [-0.25, -0.2) is 9.18 Å². The highest BCUT2D eigenvalue weighted by molar-refractivity contribution is 9.10. The lowest BCUT2D eigenvalue weighted by atomic mass is 10.1. The van der Waals surface area contributed by atoms with Crippen LogP contribution in [0.15, 0.2) is 10.5 Å². The van der Waals surface area contributed by atoms with Crippen LogP contribution in [0.3, 0.4) is 0 Å².